The summed E-state index contributed by atoms with van der Waals surface area (Å²) in [6.45, 7) is 3.41. The number of amides is 2. The molecule has 0 bridgehead atoms. The van der Waals surface area contributed by atoms with E-state index in [-0.39, 0.29) is 12.1 Å². The first-order valence-electron chi connectivity index (χ1n) is 6.53. The highest BCUT2D eigenvalue weighted by molar-refractivity contribution is 7.99. The lowest BCUT2D eigenvalue weighted by Crippen LogP contribution is -2.62. The zero-order valence-corrected chi connectivity index (χ0v) is 11.9. The van der Waals surface area contributed by atoms with Crippen LogP contribution in [-0.2, 0) is 9.53 Å². The van der Waals surface area contributed by atoms with Gasteiger partial charge in [-0.05, 0) is 6.92 Å². The number of carbonyl (C=O) groups excluding carboxylic acids is 1. The van der Waals surface area contributed by atoms with E-state index in [4.69, 9.17) is 4.74 Å². The molecule has 1 atom stereocenters. The smallest absolute Gasteiger partial charge is 0.329 e. The number of ether oxygens (including phenoxy) is 1. The van der Waals surface area contributed by atoms with Crippen LogP contribution in [0.3, 0.4) is 0 Å². The van der Waals surface area contributed by atoms with Gasteiger partial charge < -0.3 is 20.1 Å². The fourth-order valence-corrected chi connectivity index (χ4v) is 3.43. The Labute approximate surface area is 116 Å². The molecule has 6 nitrogen and oxygen atoms in total. The highest BCUT2D eigenvalue weighted by Crippen LogP contribution is 2.23. The predicted molar refractivity (Wildman–Crippen MR) is 72.4 cm³/mol. The topological polar surface area (TPSA) is 78.9 Å². The average molecular weight is 288 g/mol. The van der Waals surface area contributed by atoms with Crippen LogP contribution >= 0.6 is 11.8 Å². The maximum absolute atomic E-state index is 12.3. The number of thioether (sulfide) groups is 1. The summed E-state index contributed by atoms with van der Waals surface area (Å²) in [5.41, 5.74) is -1.17. The minimum atomic E-state index is -1.17. The zero-order chi connectivity index (χ0) is 13.9. The molecule has 19 heavy (non-hydrogen) atoms. The van der Waals surface area contributed by atoms with Crippen LogP contribution < -0.4 is 5.32 Å². The molecule has 1 unspecified atom stereocenters. The van der Waals surface area contributed by atoms with Crippen LogP contribution in [0.15, 0.2) is 0 Å². The van der Waals surface area contributed by atoms with E-state index in [0.717, 1.165) is 11.5 Å². The number of aliphatic carboxylic acids is 1. The molecule has 2 amide bonds. The molecule has 2 aliphatic heterocycles. The van der Waals surface area contributed by atoms with Gasteiger partial charge in [0.25, 0.3) is 0 Å². The zero-order valence-electron chi connectivity index (χ0n) is 11.1. The number of nitrogens with one attached hydrogen (secondary N) is 1. The first-order chi connectivity index (χ1) is 9.05. The van der Waals surface area contributed by atoms with Gasteiger partial charge in [0.2, 0.25) is 0 Å². The minimum absolute atomic E-state index is 0.143. The van der Waals surface area contributed by atoms with Crippen molar-refractivity contribution in [3.05, 3.63) is 0 Å². The van der Waals surface area contributed by atoms with E-state index in [1.54, 1.807) is 4.90 Å². The van der Waals surface area contributed by atoms with E-state index in [9.17, 15) is 14.7 Å². The molecule has 108 valence electrons. The summed E-state index contributed by atoms with van der Waals surface area (Å²) in [6, 6.07) is -0.124. The van der Waals surface area contributed by atoms with Gasteiger partial charge in [-0.15, -0.1) is 0 Å². The average Bonchev–Trinajstić information content (AvgIpc) is 2.40. The van der Waals surface area contributed by atoms with Crippen LogP contribution in [0, 0.1) is 0 Å². The molecule has 2 rings (SSSR count). The molecular formula is C12H20N2O4S. The molecular weight excluding hydrogens is 268 g/mol. The maximum atomic E-state index is 12.3. The number of hydrogen-bond acceptors (Lipinski definition) is 4. The molecule has 0 aromatic heterocycles. The number of carboxylic acid groups (broad SMARTS) is 1. The standard InChI is InChI=1S/C12H20N2O4S/c1-9-8-19-7-4-14(9)11(17)13-12(10(15)16)2-5-18-6-3-12/h9H,2-8H2,1H3,(H,13,17)(H,15,16). The van der Waals surface area contributed by atoms with Crippen LogP contribution in [0.2, 0.25) is 0 Å². The Bertz CT molecular complexity index is 358. The monoisotopic (exact) mass is 288 g/mol. The summed E-state index contributed by atoms with van der Waals surface area (Å²) in [5, 5.41) is 12.1. The van der Waals surface area contributed by atoms with E-state index >= 15 is 0 Å². The number of hydrogen-bond donors (Lipinski definition) is 2. The third-order valence-electron chi connectivity index (χ3n) is 3.73. The Kier molecular flexibility index (Phi) is 4.57. The minimum Gasteiger partial charge on any atom is -0.480 e. The Balaban J connectivity index is 2.04. The number of carbonyl (C=O) groups is 2. The SMILES string of the molecule is CC1CSCCN1C(=O)NC1(C(=O)O)CCOCC1. The molecule has 0 radical (unpaired) electrons. The molecule has 0 aromatic rings. The number of urea groups is 1. The fourth-order valence-electron chi connectivity index (χ4n) is 2.42. The molecule has 0 aromatic carbocycles. The first-order valence-corrected chi connectivity index (χ1v) is 7.68. The van der Waals surface area contributed by atoms with Crippen molar-refractivity contribution in [1.82, 2.24) is 10.2 Å². The summed E-state index contributed by atoms with van der Waals surface area (Å²) in [7, 11) is 0. The fraction of sp³-hybridized carbons (Fsp3) is 0.833. The van der Waals surface area contributed by atoms with Crippen molar-refractivity contribution >= 4 is 23.8 Å². The second-order valence-electron chi connectivity index (χ2n) is 5.05. The third-order valence-corrected chi connectivity index (χ3v) is 4.92. The molecule has 7 heteroatoms. The first kappa shape index (κ1) is 14.5. The van der Waals surface area contributed by atoms with Crippen molar-refractivity contribution in [3.8, 4) is 0 Å². The van der Waals surface area contributed by atoms with E-state index in [2.05, 4.69) is 5.32 Å². The highest BCUT2D eigenvalue weighted by atomic mass is 32.2. The summed E-state index contributed by atoms with van der Waals surface area (Å²) < 4.78 is 5.19. The van der Waals surface area contributed by atoms with Gasteiger partial charge in [-0.25, -0.2) is 9.59 Å². The lowest BCUT2D eigenvalue weighted by molar-refractivity contribution is -0.148. The second-order valence-corrected chi connectivity index (χ2v) is 6.20. The second kappa shape index (κ2) is 6.00. The summed E-state index contributed by atoms with van der Waals surface area (Å²) in [4.78, 5) is 25.5. The molecule has 0 saturated carbocycles. The van der Waals surface area contributed by atoms with Crippen molar-refractivity contribution in [2.75, 3.05) is 31.3 Å². The molecule has 2 N–H and O–H groups in total. The van der Waals surface area contributed by atoms with Crippen molar-refractivity contribution in [2.45, 2.75) is 31.3 Å². The van der Waals surface area contributed by atoms with Gasteiger partial charge in [-0.1, -0.05) is 0 Å². The van der Waals surface area contributed by atoms with Crippen LogP contribution in [0.25, 0.3) is 0 Å². The van der Waals surface area contributed by atoms with Gasteiger partial charge in [0.05, 0.1) is 0 Å². The highest BCUT2D eigenvalue weighted by Gasteiger charge is 2.43. The van der Waals surface area contributed by atoms with Gasteiger partial charge >= 0.3 is 12.0 Å². The van der Waals surface area contributed by atoms with Gasteiger partial charge in [-0.3, -0.25) is 0 Å². The lowest BCUT2D eigenvalue weighted by Gasteiger charge is -2.39. The molecule has 0 aliphatic carbocycles. The van der Waals surface area contributed by atoms with Crippen molar-refractivity contribution in [1.29, 1.82) is 0 Å². The molecule has 2 saturated heterocycles. The Morgan fingerprint density at radius 2 is 2.11 bits per heavy atom. The third kappa shape index (κ3) is 3.14. The molecule has 2 aliphatic rings. The number of rotatable bonds is 2. The van der Waals surface area contributed by atoms with Gasteiger partial charge in [0.1, 0.15) is 5.54 Å². The summed E-state index contributed by atoms with van der Waals surface area (Å²) in [6.07, 6.45) is 0.649. The maximum Gasteiger partial charge on any atom is 0.329 e. The largest absolute Gasteiger partial charge is 0.480 e. The van der Waals surface area contributed by atoms with Crippen molar-refractivity contribution in [2.24, 2.45) is 0 Å². The van der Waals surface area contributed by atoms with E-state index in [1.807, 2.05) is 18.7 Å². The van der Waals surface area contributed by atoms with Crippen LogP contribution in [0.5, 0.6) is 0 Å². The van der Waals surface area contributed by atoms with Gasteiger partial charge in [0.15, 0.2) is 0 Å². The Morgan fingerprint density at radius 1 is 1.42 bits per heavy atom. The molecule has 0 spiro atoms. The van der Waals surface area contributed by atoms with Gasteiger partial charge in [0, 0.05) is 50.1 Å². The summed E-state index contributed by atoms with van der Waals surface area (Å²) >= 11 is 1.82. The lowest BCUT2D eigenvalue weighted by atomic mass is 9.90. The van der Waals surface area contributed by atoms with E-state index in [0.29, 0.717) is 32.6 Å². The van der Waals surface area contributed by atoms with E-state index in [1.165, 1.54) is 0 Å². The predicted octanol–water partition coefficient (Wildman–Crippen LogP) is 0.767. The molecule has 2 heterocycles. The Hall–Kier alpha value is -0.950. The quantitative estimate of drug-likeness (QED) is 0.784. The van der Waals surface area contributed by atoms with Crippen molar-refractivity contribution in [3.63, 3.8) is 0 Å². The normalized spacial score (nSPS) is 26.8. The Morgan fingerprint density at radius 3 is 2.68 bits per heavy atom. The summed E-state index contributed by atoms with van der Waals surface area (Å²) in [5.74, 6) is 0.834. The van der Waals surface area contributed by atoms with E-state index < -0.39 is 11.5 Å². The van der Waals surface area contributed by atoms with Crippen LogP contribution in [0.1, 0.15) is 19.8 Å². The van der Waals surface area contributed by atoms with Crippen molar-refractivity contribution < 1.29 is 19.4 Å². The molecule has 2 fully saturated rings. The van der Waals surface area contributed by atoms with Crippen LogP contribution in [0.4, 0.5) is 4.79 Å². The van der Waals surface area contributed by atoms with Crippen LogP contribution in [-0.4, -0.2) is 64.9 Å². The van der Waals surface area contributed by atoms with Gasteiger partial charge in [-0.2, -0.15) is 11.8 Å². The number of nitrogens with zero attached hydrogens (tertiary/aromatic N) is 1. The number of carboxylic acids is 1.